The minimum Gasteiger partial charge on any atom is -0.335 e. The van der Waals surface area contributed by atoms with Gasteiger partial charge in [-0.05, 0) is 24.6 Å². The second kappa shape index (κ2) is 4.08. The number of nitrogens with zero attached hydrogens (tertiary/aromatic N) is 2. The van der Waals surface area contributed by atoms with Crippen molar-refractivity contribution >= 4 is 11.0 Å². The lowest BCUT2D eigenvalue weighted by molar-refractivity contribution is 0.944. The van der Waals surface area contributed by atoms with Crippen molar-refractivity contribution in [2.24, 2.45) is 7.05 Å². The van der Waals surface area contributed by atoms with E-state index in [0.717, 1.165) is 5.65 Å². The molecule has 0 saturated carbocycles. The van der Waals surface area contributed by atoms with E-state index in [9.17, 15) is 0 Å². The molecule has 0 aliphatic rings. The van der Waals surface area contributed by atoms with Gasteiger partial charge < -0.3 is 4.57 Å². The molecular weight excluding hydrogens is 160 g/mol. The molecule has 2 nitrogen and oxygen atoms in total. The smallest absolute Gasteiger partial charge is 0.139 e. The number of hydrogen-bond acceptors (Lipinski definition) is 1. The molecule has 0 aliphatic heterocycles. The van der Waals surface area contributed by atoms with Crippen molar-refractivity contribution in [3.63, 3.8) is 0 Å². The Labute approximate surface area is 79.2 Å². The maximum atomic E-state index is 4.26. The van der Waals surface area contributed by atoms with Gasteiger partial charge in [0.1, 0.15) is 5.65 Å². The Morgan fingerprint density at radius 1 is 1.31 bits per heavy atom. The fourth-order valence-corrected chi connectivity index (χ4v) is 1.41. The van der Waals surface area contributed by atoms with Crippen LogP contribution in [0.2, 0.25) is 0 Å². The van der Waals surface area contributed by atoms with E-state index in [1.165, 1.54) is 10.9 Å². The number of fused-ring (bicyclic) bond motifs is 1. The predicted octanol–water partition coefficient (Wildman–Crippen LogP) is 2.91. The fourth-order valence-electron chi connectivity index (χ4n) is 1.41. The number of pyridine rings is 1. The molecule has 0 fully saturated rings. The minimum atomic E-state index is 1.06. The molecule has 0 aromatic carbocycles. The molecule has 0 spiro atoms. The third-order valence-electron chi connectivity index (χ3n) is 1.93. The lowest BCUT2D eigenvalue weighted by Crippen LogP contribution is -1.85. The van der Waals surface area contributed by atoms with Gasteiger partial charge >= 0.3 is 0 Å². The van der Waals surface area contributed by atoms with Crippen LogP contribution in [0.25, 0.3) is 11.0 Å². The fraction of sp³-hybridized carbons (Fsp3) is 0.364. The summed E-state index contributed by atoms with van der Waals surface area (Å²) in [6.45, 7) is 6.10. The van der Waals surface area contributed by atoms with Crippen molar-refractivity contribution in [2.75, 3.05) is 0 Å². The average Bonchev–Trinajstić information content (AvgIpc) is 2.47. The Morgan fingerprint density at radius 3 is 2.62 bits per heavy atom. The maximum Gasteiger partial charge on any atom is 0.139 e. The number of rotatable bonds is 0. The molecular formula is C11H16N2. The van der Waals surface area contributed by atoms with E-state index in [4.69, 9.17) is 0 Å². The molecule has 0 saturated heterocycles. The van der Waals surface area contributed by atoms with Crippen LogP contribution < -0.4 is 0 Å². The van der Waals surface area contributed by atoms with E-state index in [1.54, 1.807) is 0 Å². The van der Waals surface area contributed by atoms with E-state index < -0.39 is 0 Å². The summed E-state index contributed by atoms with van der Waals surface area (Å²) in [5.74, 6) is 0. The van der Waals surface area contributed by atoms with E-state index in [1.807, 2.05) is 37.7 Å². The van der Waals surface area contributed by atoms with E-state index in [0.29, 0.717) is 0 Å². The zero-order chi connectivity index (χ0) is 9.84. The topological polar surface area (TPSA) is 17.8 Å². The summed E-state index contributed by atoms with van der Waals surface area (Å²) in [6.07, 6.45) is 3.92. The molecule has 0 atom stereocenters. The van der Waals surface area contributed by atoms with E-state index in [2.05, 4.69) is 24.2 Å². The Bertz CT molecular complexity index is 352. The molecule has 2 rings (SSSR count). The van der Waals surface area contributed by atoms with Crippen LogP contribution in [-0.2, 0) is 7.05 Å². The monoisotopic (exact) mass is 176 g/mol. The van der Waals surface area contributed by atoms with Gasteiger partial charge in [-0.2, -0.15) is 0 Å². The molecule has 0 aliphatic carbocycles. The van der Waals surface area contributed by atoms with E-state index in [-0.39, 0.29) is 0 Å². The Kier molecular flexibility index (Phi) is 3.07. The second-order valence-corrected chi connectivity index (χ2v) is 2.80. The molecule has 13 heavy (non-hydrogen) atoms. The van der Waals surface area contributed by atoms with Crippen molar-refractivity contribution in [3.8, 4) is 0 Å². The lowest BCUT2D eigenvalue weighted by atomic mass is 10.2. The summed E-state index contributed by atoms with van der Waals surface area (Å²) in [4.78, 5) is 4.26. The quantitative estimate of drug-likeness (QED) is 0.603. The minimum absolute atomic E-state index is 1.06. The first-order valence-electron chi connectivity index (χ1n) is 4.65. The molecule has 2 heterocycles. The highest BCUT2D eigenvalue weighted by Crippen LogP contribution is 2.15. The molecule has 0 unspecified atom stereocenters. The first-order valence-corrected chi connectivity index (χ1v) is 4.65. The summed E-state index contributed by atoms with van der Waals surface area (Å²) in [5, 5.41) is 1.25. The highest BCUT2D eigenvalue weighted by molar-refractivity contribution is 5.79. The van der Waals surface area contributed by atoms with Gasteiger partial charge in [0, 0.05) is 24.8 Å². The Hall–Kier alpha value is -1.31. The molecule has 0 bridgehead atoms. The third kappa shape index (κ3) is 1.72. The second-order valence-electron chi connectivity index (χ2n) is 2.80. The lowest BCUT2D eigenvalue weighted by Gasteiger charge is -1.91. The molecule has 70 valence electrons. The van der Waals surface area contributed by atoms with Crippen LogP contribution in [0.3, 0.4) is 0 Å². The van der Waals surface area contributed by atoms with Gasteiger partial charge in [0.2, 0.25) is 0 Å². The van der Waals surface area contributed by atoms with Gasteiger partial charge in [-0.1, -0.05) is 13.8 Å². The van der Waals surface area contributed by atoms with Crippen LogP contribution in [0, 0.1) is 6.92 Å². The van der Waals surface area contributed by atoms with Gasteiger partial charge in [-0.3, -0.25) is 0 Å². The van der Waals surface area contributed by atoms with Gasteiger partial charge in [0.15, 0.2) is 0 Å². The van der Waals surface area contributed by atoms with Crippen molar-refractivity contribution in [2.45, 2.75) is 20.8 Å². The third-order valence-corrected chi connectivity index (χ3v) is 1.93. The Morgan fingerprint density at radius 2 is 2.00 bits per heavy atom. The maximum absolute atomic E-state index is 4.26. The largest absolute Gasteiger partial charge is 0.335 e. The van der Waals surface area contributed by atoms with Crippen LogP contribution in [-0.4, -0.2) is 9.55 Å². The zero-order valence-corrected chi connectivity index (χ0v) is 8.70. The summed E-state index contributed by atoms with van der Waals surface area (Å²) in [6, 6.07) is 4.06. The van der Waals surface area contributed by atoms with E-state index >= 15 is 0 Å². The SMILES string of the molecule is CC.Cc1cn(C)c2ncccc12. The van der Waals surface area contributed by atoms with Crippen molar-refractivity contribution in [3.05, 3.63) is 30.1 Å². The summed E-state index contributed by atoms with van der Waals surface area (Å²) in [5.41, 5.74) is 2.35. The number of aryl methyl sites for hydroxylation is 2. The van der Waals surface area contributed by atoms with Crippen molar-refractivity contribution in [1.29, 1.82) is 0 Å². The van der Waals surface area contributed by atoms with Crippen molar-refractivity contribution in [1.82, 2.24) is 9.55 Å². The van der Waals surface area contributed by atoms with Gasteiger partial charge in [-0.15, -0.1) is 0 Å². The predicted molar refractivity (Wildman–Crippen MR) is 56.8 cm³/mol. The summed E-state index contributed by atoms with van der Waals surface area (Å²) >= 11 is 0. The van der Waals surface area contributed by atoms with Gasteiger partial charge in [0.25, 0.3) is 0 Å². The first kappa shape index (κ1) is 9.78. The molecule has 0 N–H and O–H groups in total. The van der Waals surface area contributed by atoms with Crippen LogP contribution in [0.5, 0.6) is 0 Å². The van der Waals surface area contributed by atoms with Crippen LogP contribution in [0.15, 0.2) is 24.5 Å². The normalized spacial score (nSPS) is 9.54. The first-order chi connectivity index (χ1) is 6.29. The molecule has 0 radical (unpaired) electrons. The molecule has 2 heteroatoms. The average molecular weight is 176 g/mol. The Balaban J connectivity index is 0.000000396. The molecule has 2 aromatic heterocycles. The molecule has 0 amide bonds. The number of hydrogen-bond donors (Lipinski definition) is 0. The highest BCUT2D eigenvalue weighted by atomic mass is 15.0. The standard InChI is InChI=1S/C9H10N2.C2H6/c1-7-6-11(2)9-8(7)4-3-5-10-9;1-2/h3-6H,1-2H3;1-2H3. The van der Waals surface area contributed by atoms with Crippen molar-refractivity contribution < 1.29 is 0 Å². The van der Waals surface area contributed by atoms with Crippen LogP contribution in [0.4, 0.5) is 0 Å². The number of aromatic nitrogens is 2. The molecule has 2 aromatic rings. The van der Waals surface area contributed by atoms with Crippen LogP contribution >= 0.6 is 0 Å². The zero-order valence-electron chi connectivity index (χ0n) is 8.70. The highest BCUT2D eigenvalue weighted by Gasteiger charge is 2.00. The summed E-state index contributed by atoms with van der Waals surface area (Å²) < 4.78 is 2.05. The summed E-state index contributed by atoms with van der Waals surface area (Å²) in [7, 11) is 2.02. The van der Waals surface area contributed by atoms with Crippen LogP contribution in [0.1, 0.15) is 19.4 Å². The van der Waals surface area contributed by atoms with Gasteiger partial charge in [-0.25, -0.2) is 4.98 Å². The van der Waals surface area contributed by atoms with Gasteiger partial charge in [0.05, 0.1) is 0 Å².